The molecule has 0 aliphatic heterocycles. The predicted octanol–water partition coefficient (Wildman–Crippen LogP) is 3.93. The summed E-state index contributed by atoms with van der Waals surface area (Å²) in [5, 5.41) is 0. The van der Waals surface area contributed by atoms with E-state index in [0.717, 1.165) is 21.5 Å². The van der Waals surface area contributed by atoms with Gasteiger partial charge in [-0.25, -0.2) is 0 Å². The van der Waals surface area contributed by atoms with E-state index in [0.29, 0.717) is 0 Å². The molecule has 20 heavy (non-hydrogen) atoms. The molecule has 0 spiro atoms. The molecule has 2 atom stereocenters. The fraction of sp³-hybridized carbons (Fsp3) is 0.250. The van der Waals surface area contributed by atoms with Crippen LogP contribution in [0.5, 0.6) is 11.5 Å². The number of hydrogen-bond acceptors (Lipinski definition) is 3. The molecule has 0 aliphatic rings. The first-order valence-corrected chi connectivity index (χ1v) is 7.21. The van der Waals surface area contributed by atoms with Crippen molar-refractivity contribution < 1.29 is 9.47 Å². The van der Waals surface area contributed by atoms with Crippen LogP contribution in [0.4, 0.5) is 0 Å². The van der Waals surface area contributed by atoms with Gasteiger partial charge < -0.3 is 15.2 Å². The summed E-state index contributed by atoms with van der Waals surface area (Å²) in [4.78, 5) is 0. The largest absolute Gasteiger partial charge is 0.497 e. The number of nitrogens with two attached hydrogens (primary N) is 1. The highest BCUT2D eigenvalue weighted by atomic mass is 79.9. The lowest BCUT2D eigenvalue weighted by molar-refractivity contribution is 0.180. The van der Waals surface area contributed by atoms with Gasteiger partial charge in [0.15, 0.2) is 0 Å². The summed E-state index contributed by atoms with van der Waals surface area (Å²) in [5.41, 5.74) is 7.10. The third-order valence-electron chi connectivity index (χ3n) is 3.00. The van der Waals surface area contributed by atoms with Crippen LogP contribution in [0.3, 0.4) is 0 Å². The standard InChI is InChI=1S/C16H18BrNO2/c1-11(18)16(12-3-5-13(17)6-4-12)20-15-9-7-14(19-2)8-10-15/h3-11,16H,18H2,1-2H3. The maximum Gasteiger partial charge on any atom is 0.138 e. The van der Waals surface area contributed by atoms with E-state index >= 15 is 0 Å². The van der Waals surface area contributed by atoms with Crippen molar-refractivity contribution in [3.05, 3.63) is 58.6 Å². The molecule has 0 aliphatic carbocycles. The fourth-order valence-electron chi connectivity index (χ4n) is 1.93. The van der Waals surface area contributed by atoms with Gasteiger partial charge in [0.25, 0.3) is 0 Å². The molecule has 106 valence electrons. The summed E-state index contributed by atoms with van der Waals surface area (Å²) >= 11 is 3.43. The van der Waals surface area contributed by atoms with Crippen LogP contribution in [0.25, 0.3) is 0 Å². The van der Waals surface area contributed by atoms with Crippen LogP contribution in [0, 0.1) is 0 Å². The van der Waals surface area contributed by atoms with Crippen LogP contribution in [0.15, 0.2) is 53.0 Å². The maximum absolute atomic E-state index is 6.05. The normalized spacial score (nSPS) is 13.6. The molecule has 0 radical (unpaired) electrons. The summed E-state index contributed by atoms with van der Waals surface area (Å²) in [6, 6.07) is 15.4. The van der Waals surface area contributed by atoms with Crippen molar-refractivity contribution in [3.8, 4) is 11.5 Å². The lowest BCUT2D eigenvalue weighted by atomic mass is 10.0. The van der Waals surface area contributed by atoms with E-state index in [-0.39, 0.29) is 12.1 Å². The molecule has 2 N–H and O–H groups in total. The Morgan fingerprint density at radius 1 is 0.950 bits per heavy atom. The minimum absolute atomic E-state index is 0.113. The Morgan fingerprint density at radius 2 is 1.50 bits per heavy atom. The lowest BCUT2D eigenvalue weighted by Gasteiger charge is -2.23. The molecule has 2 rings (SSSR count). The minimum atomic E-state index is -0.184. The Hall–Kier alpha value is -1.52. The predicted molar refractivity (Wildman–Crippen MR) is 84.2 cm³/mol. The van der Waals surface area contributed by atoms with Crippen LogP contribution >= 0.6 is 15.9 Å². The Morgan fingerprint density at radius 3 is 2.00 bits per heavy atom. The molecule has 4 heteroatoms. The van der Waals surface area contributed by atoms with Crippen LogP contribution in [0.2, 0.25) is 0 Å². The van der Waals surface area contributed by atoms with Gasteiger partial charge in [0.1, 0.15) is 17.6 Å². The monoisotopic (exact) mass is 335 g/mol. The fourth-order valence-corrected chi connectivity index (χ4v) is 2.20. The van der Waals surface area contributed by atoms with Crippen molar-refractivity contribution in [2.24, 2.45) is 5.73 Å². The summed E-state index contributed by atoms with van der Waals surface area (Å²) in [7, 11) is 1.64. The van der Waals surface area contributed by atoms with E-state index in [1.807, 2.05) is 55.5 Å². The molecule has 2 aromatic carbocycles. The molecule has 0 saturated carbocycles. The van der Waals surface area contributed by atoms with E-state index in [1.54, 1.807) is 7.11 Å². The van der Waals surface area contributed by atoms with Crippen molar-refractivity contribution in [3.63, 3.8) is 0 Å². The Balaban J connectivity index is 2.18. The second kappa shape index (κ2) is 6.77. The van der Waals surface area contributed by atoms with Crippen molar-refractivity contribution in [2.45, 2.75) is 19.1 Å². The molecule has 0 fully saturated rings. The summed E-state index contributed by atoms with van der Waals surface area (Å²) in [5.74, 6) is 1.58. The van der Waals surface area contributed by atoms with Crippen LogP contribution in [0.1, 0.15) is 18.6 Å². The van der Waals surface area contributed by atoms with Gasteiger partial charge in [-0.1, -0.05) is 28.1 Å². The zero-order valence-electron chi connectivity index (χ0n) is 11.5. The lowest BCUT2D eigenvalue weighted by Crippen LogP contribution is -2.29. The SMILES string of the molecule is COc1ccc(OC(c2ccc(Br)cc2)C(C)N)cc1. The zero-order valence-corrected chi connectivity index (χ0v) is 13.1. The topological polar surface area (TPSA) is 44.5 Å². The van der Waals surface area contributed by atoms with E-state index in [1.165, 1.54) is 0 Å². The summed E-state index contributed by atoms with van der Waals surface area (Å²) in [6.45, 7) is 1.94. The smallest absolute Gasteiger partial charge is 0.138 e. The molecular weight excluding hydrogens is 318 g/mol. The zero-order chi connectivity index (χ0) is 14.5. The van der Waals surface area contributed by atoms with Gasteiger partial charge >= 0.3 is 0 Å². The number of methoxy groups -OCH3 is 1. The Kier molecular flexibility index (Phi) is 5.04. The van der Waals surface area contributed by atoms with Crippen LogP contribution in [-0.2, 0) is 0 Å². The molecule has 0 amide bonds. The van der Waals surface area contributed by atoms with E-state index in [2.05, 4.69) is 15.9 Å². The molecule has 2 aromatic rings. The number of ether oxygens (including phenoxy) is 2. The van der Waals surface area contributed by atoms with Gasteiger partial charge in [-0.3, -0.25) is 0 Å². The van der Waals surface area contributed by atoms with Gasteiger partial charge in [0.05, 0.1) is 7.11 Å². The quantitative estimate of drug-likeness (QED) is 0.900. The van der Waals surface area contributed by atoms with Crippen molar-refractivity contribution in [1.29, 1.82) is 0 Å². The molecule has 3 nitrogen and oxygen atoms in total. The van der Waals surface area contributed by atoms with Gasteiger partial charge in [-0.2, -0.15) is 0 Å². The van der Waals surface area contributed by atoms with Gasteiger partial charge in [-0.05, 0) is 48.9 Å². The van der Waals surface area contributed by atoms with E-state index in [4.69, 9.17) is 15.2 Å². The number of benzene rings is 2. The summed E-state index contributed by atoms with van der Waals surface area (Å²) in [6.07, 6.45) is -0.184. The summed E-state index contributed by atoms with van der Waals surface area (Å²) < 4.78 is 12.2. The number of rotatable bonds is 5. The van der Waals surface area contributed by atoms with Gasteiger partial charge in [0.2, 0.25) is 0 Å². The molecule has 0 bridgehead atoms. The second-order valence-electron chi connectivity index (χ2n) is 4.62. The third kappa shape index (κ3) is 3.74. The van der Waals surface area contributed by atoms with Crippen LogP contribution < -0.4 is 15.2 Å². The number of hydrogen-bond donors (Lipinski definition) is 1. The molecular formula is C16H18BrNO2. The molecule has 0 aromatic heterocycles. The Bertz CT molecular complexity index is 537. The first-order chi connectivity index (χ1) is 9.60. The highest BCUT2D eigenvalue weighted by Crippen LogP contribution is 2.26. The third-order valence-corrected chi connectivity index (χ3v) is 3.53. The molecule has 0 saturated heterocycles. The minimum Gasteiger partial charge on any atom is -0.497 e. The van der Waals surface area contributed by atoms with Gasteiger partial charge in [-0.15, -0.1) is 0 Å². The van der Waals surface area contributed by atoms with Gasteiger partial charge in [0, 0.05) is 10.5 Å². The van der Waals surface area contributed by atoms with Crippen LogP contribution in [-0.4, -0.2) is 13.2 Å². The Labute approximate surface area is 127 Å². The first-order valence-electron chi connectivity index (χ1n) is 6.42. The van der Waals surface area contributed by atoms with Crippen molar-refractivity contribution in [2.75, 3.05) is 7.11 Å². The first kappa shape index (κ1) is 14.9. The highest BCUT2D eigenvalue weighted by Gasteiger charge is 2.18. The van der Waals surface area contributed by atoms with Crippen molar-refractivity contribution >= 4 is 15.9 Å². The molecule has 0 heterocycles. The highest BCUT2D eigenvalue weighted by molar-refractivity contribution is 9.10. The maximum atomic E-state index is 6.05. The average molecular weight is 336 g/mol. The average Bonchev–Trinajstić information content (AvgIpc) is 2.46. The number of halogens is 1. The van der Waals surface area contributed by atoms with Crippen molar-refractivity contribution in [1.82, 2.24) is 0 Å². The van der Waals surface area contributed by atoms with E-state index in [9.17, 15) is 0 Å². The molecule has 2 unspecified atom stereocenters. The second-order valence-corrected chi connectivity index (χ2v) is 5.54. The van der Waals surface area contributed by atoms with E-state index < -0.39 is 0 Å².